The van der Waals surface area contributed by atoms with Crippen molar-refractivity contribution in [2.75, 3.05) is 6.61 Å². The van der Waals surface area contributed by atoms with Crippen molar-refractivity contribution in [1.29, 1.82) is 5.26 Å². The van der Waals surface area contributed by atoms with E-state index in [4.69, 9.17) is 10.00 Å². The summed E-state index contributed by atoms with van der Waals surface area (Å²) in [7, 11) is 0. The Morgan fingerprint density at radius 3 is 2.78 bits per heavy atom. The molecule has 5 heteroatoms. The molecule has 18 heavy (non-hydrogen) atoms. The maximum absolute atomic E-state index is 13.2. The minimum Gasteiger partial charge on any atom is -0.481 e. The van der Waals surface area contributed by atoms with Crippen LogP contribution in [0.15, 0.2) is 24.3 Å². The number of hydrogen-bond donors (Lipinski definition) is 1. The van der Waals surface area contributed by atoms with E-state index in [0.717, 1.165) is 0 Å². The summed E-state index contributed by atoms with van der Waals surface area (Å²) in [5, 5.41) is 11.4. The molecule has 0 fully saturated rings. The van der Waals surface area contributed by atoms with Gasteiger partial charge in [0, 0.05) is 0 Å². The van der Waals surface area contributed by atoms with E-state index in [0.29, 0.717) is 6.42 Å². The lowest BCUT2D eigenvalue weighted by Crippen LogP contribution is -2.46. The molecule has 1 rings (SSSR count). The van der Waals surface area contributed by atoms with Gasteiger partial charge in [-0.1, -0.05) is 19.1 Å². The average molecular weight is 250 g/mol. The zero-order valence-electron chi connectivity index (χ0n) is 10.4. The first-order chi connectivity index (χ1) is 8.50. The molecule has 1 aromatic rings. The van der Waals surface area contributed by atoms with Crippen molar-refractivity contribution in [3.05, 3.63) is 30.1 Å². The van der Waals surface area contributed by atoms with Gasteiger partial charge in [0.15, 0.2) is 18.2 Å². The minimum atomic E-state index is -0.921. The molecule has 0 aromatic heterocycles. The van der Waals surface area contributed by atoms with Gasteiger partial charge >= 0.3 is 0 Å². The third kappa shape index (κ3) is 3.74. The summed E-state index contributed by atoms with van der Waals surface area (Å²) in [4.78, 5) is 11.6. The molecule has 0 saturated carbocycles. The first-order valence-electron chi connectivity index (χ1n) is 5.60. The molecule has 0 spiro atoms. The smallest absolute Gasteiger partial charge is 0.259 e. The van der Waals surface area contributed by atoms with E-state index in [-0.39, 0.29) is 12.4 Å². The molecule has 1 amide bonds. The summed E-state index contributed by atoms with van der Waals surface area (Å²) in [5.74, 6) is -0.962. The number of nitrogens with zero attached hydrogens (tertiary/aromatic N) is 1. The van der Waals surface area contributed by atoms with Crippen molar-refractivity contribution in [2.45, 2.75) is 25.8 Å². The molecule has 0 radical (unpaired) electrons. The van der Waals surface area contributed by atoms with Crippen molar-refractivity contribution >= 4 is 5.91 Å². The monoisotopic (exact) mass is 250 g/mol. The third-order valence-electron chi connectivity index (χ3n) is 2.56. The highest BCUT2D eigenvalue weighted by molar-refractivity contribution is 5.78. The molecule has 0 bridgehead atoms. The predicted molar refractivity (Wildman–Crippen MR) is 64.3 cm³/mol. The average Bonchev–Trinajstić information content (AvgIpc) is 2.37. The van der Waals surface area contributed by atoms with Crippen LogP contribution in [0, 0.1) is 17.1 Å². The number of amides is 1. The fraction of sp³-hybridized carbons (Fsp3) is 0.385. The SMILES string of the molecule is CC[C@](C)(C#N)NC(=O)COc1ccccc1F. The van der Waals surface area contributed by atoms with Gasteiger partial charge in [-0.15, -0.1) is 0 Å². The van der Waals surface area contributed by atoms with E-state index in [1.54, 1.807) is 19.9 Å². The molecule has 0 aliphatic carbocycles. The fourth-order valence-electron chi connectivity index (χ4n) is 1.24. The van der Waals surface area contributed by atoms with E-state index in [2.05, 4.69) is 5.32 Å². The highest BCUT2D eigenvalue weighted by atomic mass is 19.1. The molecule has 0 saturated heterocycles. The lowest BCUT2D eigenvalue weighted by atomic mass is 10.0. The van der Waals surface area contributed by atoms with Gasteiger partial charge in [-0.2, -0.15) is 5.26 Å². The van der Waals surface area contributed by atoms with Gasteiger partial charge in [0.25, 0.3) is 5.91 Å². The lowest BCUT2D eigenvalue weighted by Gasteiger charge is -2.21. The summed E-state index contributed by atoms with van der Waals surface area (Å²) >= 11 is 0. The number of ether oxygens (including phenoxy) is 1. The quantitative estimate of drug-likeness (QED) is 0.869. The number of benzene rings is 1. The van der Waals surface area contributed by atoms with Gasteiger partial charge < -0.3 is 10.1 Å². The van der Waals surface area contributed by atoms with Gasteiger partial charge in [0.2, 0.25) is 0 Å². The Kier molecular flexibility index (Phi) is 4.67. The van der Waals surface area contributed by atoms with E-state index in [9.17, 15) is 9.18 Å². The molecule has 4 nitrogen and oxygen atoms in total. The van der Waals surface area contributed by atoms with Crippen LogP contribution in [0.4, 0.5) is 4.39 Å². The molecule has 1 atom stereocenters. The number of para-hydroxylation sites is 1. The maximum Gasteiger partial charge on any atom is 0.259 e. The molecule has 0 aliphatic rings. The Hall–Kier alpha value is -2.09. The minimum absolute atomic E-state index is 0.0165. The Balaban J connectivity index is 2.53. The zero-order valence-corrected chi connectivity index (χ0v) is 10.4. The lowest BCUT2D eigenvalue weighted by molar-refractivity contribution is -0.124. The van der Waals surface area contributed by atoms with E-state index < -0.39 is 17.3 Å². The first-order valence-corrected chi connectivity index (χ1v) is 5.60. The predicted octanol–water partition coefficient (Wildman–Crippen LogP) is 2.01. The van der Waals surface area contributed by atoms with Crippen molar-refractivity contribution in [3.63, 3.8) is 0 Å². The second-order valence-corrected chi connectivity index (χ2v) is 4.06. The van der Waals surface area contributed by atoms with Gasteiger partial charge in [-0.3, -0.25) is 4.79 Å². The van der Waals surface area contributed by atoms with E-state index in [1.807, 2.05) is 6.07 Å². The number of carbonyl (C=O) groups is 1. The van der Waals surface area contributed by atoms with Crippen LogP contribution < -0.4 is 10.1 Å². The first kappa shape index (κ1) is 14.0. The zero-order chi connectivity index (χ0) is 13.6. The molecule has 1 N–H and O–H groups in total. The van der Waals surface area contributed by atoms with Crippen LogP contribution in [0.2, 0.25) is 0 Å². The van der Waals surface area contributed by atoms with E-state index >= 15 is 0 Å². The van der Waals surface area contributed by atoms with Gasteiger partial charge in [0.05, 0.1) is 6.07 Å². The summed E-state index contributed by atoms with van der Waals surface area (Å²) in [5.41, 5.74) is -0.921. The number of carbonyl (C=O) groups excluding carboxylic acids is 1. The van der Waals surface area contributed by atoms with Crippen molar-refractivity contribution in [3.8, 4) is 11.8 Å². The largest absolute Gasteiger partial charge is 0.481 e. The Labute approximate surface area is 105 Å². The number of nitrogens with one attached hydrogen (secondary N) is 1. The fourth-order valence-corrected chi connectivity index (χ4v) is 1.24. The van der Waals surface area contributed by atoms with E-state index in [1.165, 1.54) is 18.2 Å². The van der Waals surface area contributed by atoms with Crippen LogP contribution in [0.5, 0.6) is 5.75 Å². The van der Waals surface area contributed by atoms with Crippen LogP contribution in [0.3, 0.4) is 0 Å². The normalized spacial score (nSPS) is 13.2. The summed E-state index contributed by atoms with van der Waals surface area (Å²) in [6, 6.07) is 7.84. The van der Waals surface area contributed by atoms with Gasteiger partial charge in [0.1, 0.15) is 5.54 Å². The van der Waals surface area contributed by atoms with Crippen LogP contribution in [-0.4, -0.2) is 18.1 Å². The molecule has 96 valence electrons. The highest BCUT2D eigenvalue weighted by Crippen LogP contribution is 2.15. The van der Waals surface area contributed by atoms with Crippen LogP contribution in [0.1, 0.15) is 20.3 Å². The Bertz CT molecular complexity index is 470. The van der Waals surface area contributed by atoms with Crippen molar-refractivity contribution in [2.24, 2.45) is 0 Å². The second kappa shape index (κ2) is 6.01. The molecule has 0 heterocycles. The topological polar surface area (TPSA) is 62.1 Å². The summed E-state index contributed by atoms with van der Waals surface area (Å²) < 4.78 is 18.2. The molecular weight excluding hydrogens is 235 g/mol. The second-order valence-electron chi connectivity index (χ2n) is 4.06. The summed E-state index contributed by atoms with van der Waals surface area (Å²) in [6.45, 7) is 3.09. The number of nitriles is 1. The van der Waals surface area contributed by atoms with Crippen molar-refractivity contribution in [1.82, 2.24) is 5.32 Å². The van der Waals surface area contributed by atoms with Gasteiger partial charge in [-0.25, -0.2) is 4.39 Å². The molecule has 0 aliphatic heterocycles. The van der Waals surface area contributed by atoms with Crippen molar-refractivity contribution < 1.29 is 13.9 Å². The Morgan fingerprint density at radius 2 is 2.22 bits per heavy atom. The molecule has 1 aromatic carbocycles. The number of halogens is 1. The van der Waals surface area contributed by atoms with Crippen LogP contribution in [0.25, 0.3) is 0 Å². The number of hydrogen-bond acceptors (Lipinski definition) is 3. The third-order valence-corrected chi connectivity index (χ3v) is 2.56. The number of rotatable bonds is 5. The Morgan fingerprint density at radius 1 is 1.56 bits per heavy atom. The standard InChI is InChI=1S/C13H15FN2O2/c1-3-13(2,9-15)16-12(17)8-18-11-7-5-4-6-10(11)14/h4-7H,3,8H2,1-2H3,(H,16,17)/t13-/m1/s1. The highest BCUT2D eigenvalue weighted by Gasteiger charge is 2.23. The van der Waals surface area contributed by atoms with Crippen LogP contribution in [-0.2, 0) is 4.79 Å². The summed E-state index contributed by atoms with van der Waals surface area (Å²) in [6.07, 6.45) is 0.481. The van der Waals surface area contributed by atoms with Crippen LogP contribution >= 0.6 is 0 Å². The molecular formula is C13H15FN2O2. The van der Waals surface area contributed by atoms with Gasteiger partial charge in [-0.05, 0) is 25.5 Å². The molecule has 0 unspecified atom stereocenters. The maximum atomic E-state index is 13.2.